The van der Waals surface area contributed by atoms with Crippen LogP contribution in [0.3, 0.4) is 0 Å². The highest BCUT2D eigenvalue weighted by atomic mass is 32.2. The zero-order valence-electron chi connectivity index (χ0n) is 16.1. The van der Waals surface area contributed by atoms with Gasteiger partial charge in [0.25, 0.3) is 15.9 Å². The third kappa shape index (κ3) is 5.58. The molecule has 0 heterocycles. The van der Waals surface area contributed by atoms with E-state index < -0.39 is 16.1 Å². The van der Waals surface area contributed by atoms with E-state index in [9.17, 15) is 13.2 Å². The second-order valence-electron chi connectivity index (χ2n) is 6.56. The molecule has 150 valence electrons. The number of rotatable bonds is 7. The van der Waals surface area contributed by atoms with Crippen molar-refractivity contribution in [3.8, 4) is 5.75 Å². The second kappa shape index (κ2) is 8.79. The Hall–Kier alpha value is -3.32. The summed E-state index contributed by atoms with van der Waals surface area (Å²) in [4.78, 5) is 12.4. The molecule has 0 saturated heterocycles. The number of carbonyl (C=O) groups excluding carboxylic acids is 1. The van der Waals surface area contributed by atoms with Crippen LogP contribution in [0.2, 0.25) is 0 Å². The smallest absolute Gasteiger partial charge is 0.265 e. The van der Waals surface area contributed by atoms with E-state index >= 15 is 0 Å². The molecule has 3 aromatic carbocycles. The fourth-order valence-electron chi connectivity index (χ4n) is 2.55. The van der Waals surface area contributed by atoms with E-state index in [-0.39, 0.29) is 10.8 Å². The van der Waals surface area contributed by atoms with Crippen molar-refractivity contribution in [1.82, 2.24) is 0 Å². The summed E-state index contributed by atoms with van der Waals surface area (Å²) in [6, 6.07) is 22.1. The number of benzene rings is 3. The fourth-order valence-corrected chi connectivity index (χ4v) is 3.61. The number of sulfonamides is 1. The average molecular weight is 410 g/mol. The Kier molecular flexibility index (Phi) is 6.19. The van der Waals surface area contributed by atoms with Crippen molar-refractivity contribution in [3.05, 3.63) is 84.4 Å². The van der Waals surface area contributed by atoms with E-state index in [1.54, 1.807) is 31.2 Å². The van der Waals surface area contributed by atoms with Gasteiger partial charge < -0.3 is 10.1 Å². The molecule has 0 spiro atoms. The van der Waals surface area contributed by atoms with Gasteiger partial charge in [0.2, 0.25) is 0 Å². The number of para-hydroxylation sites is 1. The van der Waals surface area contributed by atoms with Crippen LogP contribution in [0.1, 0.15) is 12.5 Å². The Balaban J connectivity index is 1.63. The highest BCUT2D eigenvalue weighted by Crippen LogP contribution is 2.19. The van der Waals surface area contributed by atoms with Crippen LogP contribution in [-0.4, -0.2) is 20.4 Å². The molecule has 3 aromatic rings. The van der Waals surface area contributed by atoms with Gasteiger partial charge >= 0.3 is 0 Å². The molecule has 0 unspecified atom stereocenters. The largest absolute Gasteiger partial charge is 0.481 e. The number of aryl methyl sites for hydroxylation is 1. The second-order valence-corrected chi connectivity index (χ2v) is 8.24. The molecule has 0 radical (unpaired) electrons. The van der Waals surface area contributed by atoms with Crippen LogP contribution < -0.4 is 14.8 Å². The van der Waals surface area contributed by atoms with Crippen molar-refractivity contribution in [3.63, 3.8) is 0 Å². The molecule has 0 aliphatic rings. The molecule has 0 bridgehead atoms. The number of carbonyl (C=O) groups is 1. The van der Waals surface area contributed by atoms with Gasteiger partial charge in [-0.1, -0.05) is 35.9 Å². The molecule has 0 fully saturated rings. The minimum absolute atomic E-state index is 0.102. The molecule has 0 aromatic heterocycles. The molecule has 1 atom stereocenters. The molecule has 6 nitrogen and oxygen atoms in total. The van der Waals surface area contributed by atoms with Crippen molar-refractivity contribution in [2.45, 2.75) is 24.8 Å². The van der Waals surface area contributed by atoms with Gasteiger partial charge in [-0.05, 0) is 62.4 Å². The van der Waals surface area contributed by atoms with Gasteiger partial charge in [0.15, 0.2) is 6.10 Å². The Morgan fingerprint density at radius 2 is 1.45 bits per heavy atom. The van der Waals surface area contributed by atoms with Crippen molar-refractivity contribution in [2.24, 2.45) is 0 Å². The minimum Gasteiger partial charge on any atom is -0.481 e. The summed E-state index contributed by atoms with van der Waals surface area (Å²) in [6.07, 6.45) is -0.705. The van der Waals surface area contributed by atoms with Gasteiger partial charge in [-0.15, -0.1) is 0 Å². The summed E-state index contributed by atoms with van der Waals surface area (Å²) >= 11 is 0. The van der Waals surface area contributed by atoms with Crippen LogP contribution in [0.25, 0.3) is 0 Å². The summed E-state index contributed by atoms with van der Waals surface area (Å²) in [5.41, 5.74) is 2.01. The lowest BCUT2D eigenvalue weighted by molar-refractivity contribution is -0.122. The van der Waals surface area contributed by atoms with E-state index in [1.165, 1.54) is 24.3 Å². The minimum atomic E-state index is -3.72. The Labute approximate surface area is 170 Å². The summed E-state index contributed by atoms with van der Waals surface area (Å²) in [6.45, 7) is 3.57. The molecular formula is C22H22N2O4S. The standard InChI is InChI=1S/C22H22N2O4S/c1-16-8-10-19(11-9-16)24-29(26,27)21-14-12-18(13-15-21)23-22(25)17(2)28-20-6-4-3-5-7-20/h3-15,17,24H,1-2H3,(H,23,25)/t17-/m0/s1. The Morgan fingerprint density at radius 3 is 2.07 bits per heavy atom. The topological polar surface area (TPSA) is 84.5 Å². The number of hydrogen-bond acceptors (Lipinski definition) is 4. The van der Waals surface area contributed by atoms with Crippen molar-refractivity contribution in [1.29, 1.82) is 0 Å². The predicted molar refractivity (Wildman–Crippen MR) is 114 cm³/mol. The maximum atomic E-state index is 12.5. The average Bonchev–Trinajstić information content (AvgIpc) is 2.71. The first-order valence-electron chi connectivity index (χ1n) is 9.05. The summed E-state index contributed by atoms with van der Waals surface area (Å²) < 4.78 is 33.1. The number of anilines is 2. The predicted octanol–water partition coefficient (Wildman–Crippen LogP) is 4.20. The van der Waals surface area contributed by atoms with Crippen LogP contribution in [-0.2, 0) is 14.8 Å². The Bertz CT molecular complexity index is 1060. The number of nitrogens with one attached hydrogen (secondary N) is 2. The highest BCUT2D eigenvalue weighted by molar-refractivity contribution is 7.92. The van der Waals surface area contributed by atoms with Crippen molar-refractivity contribution in [2.75, 3.05) is 10.0 Å². The monoisotopic (exact) mass is 410 g/mol. The molecule has 29 heavy (non-hydrogen) atoms. The van der Waals surface area contributed by atoms with Gasteiger partial charge in [0, 0.05) is 11.4 Å². The zero-order chi connectivity index (χ0) is 20.9. The van der Waals surface area contributed by atoms with E-state index in [1.807, 2.05) is 37.3 Å². The molecule has 2 N–H and O–H groups in total. The number of hydrogen-bond donors (Lipinski definition) is 2. The maximum absolute atomic E-state index is 12.5. The Morgan fingerprint density at radius 1 is 0.862 bits per heavy atom. The van der Waals surface area contributed by atoms with E-state index in [2.05, 4.69) is 10.0 Å². The molecule has 0 aliphatic heterocycles. The number of ether oxygens (including phenoxy) is 1. The van der Waals surface area contributed by atoms with Crippen LogP contribution in [0.15, 0.2) is 83.8 Å². The summed E-state index contributed by atoms with van der Waals surface area (Å²) in [5.74, 6) is 0.265. The zero-order valence-corrected chi connectivity index (χ0v) is 16.9. The lowest BCUT2D eigenvalue weighted by atomic mass is 10.2. The molecule has 3 rings (SSSR count). The van der Waals surface area contributed by atoms with Gasteiger partial charge in [-0.3, -0.25) is 9.52 Å². The van der Waals surface area contributed by atoms with Crippen LogP contribution in [0.5, 0.6) is 5.75 Å². The number of amides is 1. The van der Waals surface area contributed by atoms with Crippen LogP contribution in [0, 0.1) is 6.92 Å². The van der Waals surface area contributed by atoms with Crippen molar-refractivity contribution < 1.29 is 17.9 Å². The quantitative estimate of drug-likeness (QED) is 0.611. The first kappa shape index (κ1) is 20.4. The summed E-state index contributed by atoms with van der Waals surface area (Å²) in [5, 5.41) is 2.72. The first-order chi connectivity index (χ1) is 13.8. The SMILES string of the molecule is Cc1ccc(NS(=O)(=O)c2ccc(NC(=O)[C@H](C)Oc3ccccc3)cc2)cc1. The van der Waals surface area contributed by atoms with E-state index in [0.717, 1.165) is 5.56 Å². The lowest BCUT2D eigenvalue weighted by Gasteiger charge is -2.15. The fraction of sp³-hybridized carbons (Fsp3) is 0.136. The lowest BCUT2D eigenvalue weighted by Crippen LogP contribution is -2.30. The highest BCUT2D eigenvalue weighted by Gasteiger charge is 2.17. The van der Waals surface area contributed by atoms with E-state index in [0.29, 0.717) is 17.1 Å². The molecule has 0 saturated carbocycles. The van der Waals surface area contributed by atoms with Crippen LogP contribution >= 0.6 is 0 Å². The third-order valence-corrected chi connectivity index (χ3v) is 5.56. The van der Waals surface area contributed by atoms with Crippen LogP contribution in [0.4, 0.5) is 11.4 Å². The van der Waals surface area contributed by atoms with E-state index in [4.69, 9.17) is 4.74 Å². The van der Waals surface area contributed by atoms with Gasteiger partial charge in [-0.2, -0.15) is 0 Å². The molecule has 7 heteroatoms. The normalized spacial score (nSPS) is 12.1. The van der Waals surface area contributed by atoms with Gasteiger partial charge in [0.05, 0.1) is 4.90 Å². The summed E-state index contributed by atoms with van der Waals surface area (Å²) in [7, 11) is -3.72. The van der Waals surface area contributed by atoms with Crippen molar-refractivity contribution >= 4 is 27.3 Å². The van der Waals surface area contributed by atoms with Gasteiger partial charge in [-0.25, -0.2) is 8.42 Å². The van der Waals surface area contributed by atoms with Gasteiger partial charge in [0.1, 0.15) is 5.75 Å². The third-order valence-electron chi connectivity index (χ3n) is 4.16. The first-order valence-corrected chi connectivity index (χ1v) is 10.5. The molecular weight excluding hydrogens is 388 g/mol. The molecule has 0 aliphatic carbocycles. The molecule has 1 amide bonds. The maximum Gasteiger partial charge on any atom is 0.265 e.